The van der Waals surface area contributed by atoms with E-state index in [0.29, 0.717) is 17.9 Å². The molecule has 98 valence electrons. The molecular formula is C15H15NO3. The van der Waals surface area contributed by atoms with Crippen LogP contribution in [-0.4, -0.2) is 24.7 Å². The van der Waals surface area contributed by atoms with Crippen molar-refractivity contribution < 1.29 is 14.3 Å². The first-order chi connectivity index (χ1) is 9.24. The van der Waals surface area contributed by atoms with Crippen molar-refractivity contribution >= 4 is 5.97 Å². The van der Waals surface area contributed by atoms with Crippen LogP contribution in [-0.2, 0) is 4.74 Å². The third kappa shape index (κ3) is 3.10. The summed E-state index contributed by atoms with van der Waals surface area (Å²) in [7, 11) is 1.61. The van der Waals surface area contributed by atoms with Crippen LogP contribution in [0.4, 0.5) is 0 Å². The van der Waals surface area contributed by atoms with Crippen LogP contribution in [0, 0.1) is 0 Å². The minimum atomic E-state index is -0.339. The Labute approximate surface area is 112 Å². The van der Waals surface area contributed by atoms with Crippen molar-refractivity contribution in [3.63, 3.8) is 0 Å². The number of nitrogens with zero attached hydrogens (tertiary/aromatic N) is 1. The number of rotatable bonds is 4. The molecule has 0 atom stereocenters. The molecule has 0 unspecified atom stereocenters. The second-order valence-electron chi connectivity index (χ2n) is 3.88. The van der Waals surface area contributed by atoms with Crippen molar-refractivity contribution in [3.8, 4) is 17.0 Å². The Bertz CT molecular complexity index is 581. The van der Waals surface area contributed by atoms with Crippen molar-refractivity contribution in [2.75, 3.05) is 13.7 Å². The summed E-state index contributed by atoms with van der Waals surface area (Å²) >= 11 is 0. The number of benzene rings is 1. The molecule has 0 amide bonds. The molecule has 0 aliphatic carbocycles. The number of pyridine rings is 1. The Balaban J connectivity index is 2.34. The molecule has 0 spiro atoms. The van der Waals surface area contributed by atoms with Gasteiger partial charge in [0.2, 0.25) is 0 Å². The van der Waals surface area contributed by atoms with Crippen LogP contribution in [0.25, 0.3) is 11.3 Å². The topological polar surface area (TPSA) is 48.4 Å². The zero-order chi connectivity index (χ0) is 13.7. The Morgan fingerprint density at radius 3 is 2.84 bits per heavy atom. The molecule has 4 heteroatoms. The second kappa shape index (κ2) is 6.00. The van der Waals surface area contributed by atoms with Gasteiger partial charge in [-0.2, -0.15) is 0 Å². The molecule has 2 rings (SSSR count). The molecule has 2 aromatic rings. The van der Waals surface area contributed by atoms with Gasteiger partial charge in [-0.05, 0) is 31.2 Å². The molecule has 0 N–H and O–H groups in total. The third-order valence-electron chi connectivity index (χ3n) is 2.64. The van der Waals surface area contributed by atoms with E-state index in [4.69, 9.17) is 9.47 Å². The van der Waals surface area contributed by atoms with Gasteiger partial charge in [0.25, 0.3) is 0 Å². The first kappa shape index (κ1) is 13.1. The summed E-state index contributed by atoms with van der Waals surface area (Å²) in [5, 5.41) is 0. The molecular weight excluding hydrogens is 242 g/mol. The maximum atomic E-state index is 11.7. The normalized spacial score (nSPS) is 10.0. The van der Waals surface area contributed by atoms with E-state index >= 15 is 0 Å². The second-order valence-corrected chi connectivity index (χ2v) is 3.88. The van der Waals surface area contributed by atoms with Gasteiger partial charge in [0.05, 0.1) is 25.0 Å². The molecule has 0 aliphatic rings. The zero-order valence-corrected chi connectivity index (χ0v) is 10.9. The summed E-state index contributed by atoms with van der Waals surface area (Å²) in [6.45, 7) is 2.14. The van der Waals surface area contributed by atoms with Gasteiger partial charge in [-0.25, -0.2) is 4.79 Å². The van der Waals surface area contributed by atoms with E-state index < -0.39 is 0 Å². The Morgan fingerprint density at radius 1 is 1.26 bits per heavy atom. The van der Waals surface area contributed by atoms with E-state index in [2.05, 4.69) is 4.98 Å². The lowest BCUT2D eigenvalue weighted by molar-refractivity contribution is 0.0526. The lowest BCUT2D eigenvalue weighted by Gasteiger charge is -2.06. The summed E-state index contributed by atoms with van der Waals surface area (Å²) < 4.78 is 10.1. The summed E-state index contributed by atoms with van der Waals surface area (Å²) in [6, 6.07) is 10.9. The highest BCUT2D eigenvalue weighted by Gasteiger charge is 2.09. The van der Waals surface area contributed by atoms with Gasteiger partial charge in [0.1, 0.15) is 5.75 Å². The van der Waals surface area contributed by atoms with Crippen LogP contribution < -0.4 is 4.74 Å². The lowest BCUT2D eigenvalue weighted by Crippen LogP contribution is -2.04. The predicted molar refractivity (Wildman–Crippen MR) is 72.2 cm³/mol. The number of hydrogen-bond donors (Lipinski definition) is 0. The largest absolute Gasteiger partial charge is 0.497 e. The fourth-order valence-corrected chi connectivity index (χ4v) is 1.71. The molecule has 4 nitrogen and oxygen atoms in total. The fourth-order valence-electron chi connectivity index (χ4n) is 1.71. The van der Waals surface area contributed by atoms with Crippen LogP contribution in [0.3, 0.4) is 0 Å². The van der Waals surface area contributed by atoms with Crippen molar-refractivity contribution in [1.82, 2.24) is 4.98 Å². The standard InChI is InChI=1S/C15H15NO3/c1-3-19-15(17)12-7-8-16-14(10-12)11-5-4-6-13(9-11)18-2/h4-10H,3H2,1-2H3. The van der Waals surface area contributed by atoms with E-state index in [1.807, 2.05) is 24.3 Å². The highest BCUT2D eigenvalue weighted by Crippen LogP contribution is 2.22. The number of carbonyl (C=O) groups excluding carboxylic acids is 1. The van der Waals surface area contributed by atoms with Crippen LogP contribution in [0.1, 0.15) is 17.3 Å². The first-order valence-corrected chi connectivity index (χ1v) is 6.02. The molecule has 0 saturated carbocycles. The van der Waals surface area contributed by atoms with Gasteiger partial charge >= 0.3 is 5.97 Å². The molecule has 1 aromatic heterocycles. The highest BCUT2D eigenvalue weighted by molar-refractivity contribution is 5.90. The van der Waals surface area contributed by atoms with Crippen LogP contribution in [0.5, 0.6) is 5.75 Å². The van der Waals surface area contributed by atoms with Crippen molar-refractivity contribution in [1.29, 1.82) is 0 Å². The zero-order valence-electron chi connectivity index (χ0n) is 10.9. The summed E-state index contributed by atoms with van der Waals surface area (Å²) in [6.07, 6.45) is 1.60. The van der Waals surface area contributed by atoms with E-state index in [1.165, 1.54) is 0 Å². The lowest BCUT2D eigenvalue weighted by atomic mass is 10.1. The van der Waals surface area contributed by atoms with Gasteiger partial charge in [-0.1, -0.05) is 12.1 Å². The molecule has 19 heavy (non-hydrogen) atoms. The first-order valence-electron chi connectivity index (χ1n) is 6.02. The number of carbonyl (C=O) groups is 1. The molecule has 0 bridgehead atoms. The SMILES string of the molecule is CCOC(=O)c1ccnc(-c2cccc(OC)c2)c1. The number of ether oxygens (including phenoxy) is 2. The summed E-state index contributed by atoms with van der Waals surface area (Å²) in [5.41, 5.74) is 2.10. The van der Waals surface area contributed by atoms with E-state index in [9.17, 15) is 4.79 Å². The van der Waals surface area contributed by atoms with Gasteiger partial charge in [0, 0.05) is 11.8 Å². The number of methoxy groups -OCH3 is 1. The van der Waals surface area contributed by atoms with Gasteiger partial charge in [0.15, 0.2) is 0 Å². The molecule has 0 radical (unpaired) electrons. The fraction of sp³-hybridized carbons (Fsp3) is 0.200. The average Bonchev–Trinajstić information content (AvgIpc) is 2.48. The molecule has 1 heterocycles. The number of hydrogen-bond acceptors (Lipinski definition) is 4. The van der Waals surface area contributed by atoms with Crippen LogP contribution in [0.2, 0.25) is 0 Å². The molecule has 0 saturated heterocycles. The minimum absolute atomic E-state index is 0.339. The minimum Gasteiger partial charge on any atom is -0.497 e. The van der Waals surface area contributed by atoms with Crippen LogP contribution in [0.15, 0.2) is 42.6 Å². The summed E-state index contributed by atoms with van der Waals surface area (Å²) in [4.78, 5) is 15.9. The van der Waals surface area contributed by atoms with Crippen molar-refractivity contribution in [3.05, 3.63) is 48.2 Å². The van der Waals surface area contributed by atoms with Crippen LogP contribution >= 0.6 is 0 Å². The summed E-state index contributed by atoms with van der Waals surface area (Å²) in [5.74, 6) is 0.412. The smallest absolute Gasteiger partial charge is 0.338 e. The quantitative estimate of drug-likeness (QED) is 0.790. The maximum absolute atomic E-state index is 11.7. The predicted octanol–water partition coefficient (Wildman–Crippen LogP) is 2.93. The van der Waals surface area contributed by atoms with Gasteiger partial charge < -0.3 is 9.47 Å². The van der Waals surface area contributed by atoms with E-state index in [1.54, 1.807) is 32.4 Å². The third-order valence-corrected chi connectivity index (χ3v) is 2.64. The number of aromatic nitrogens is 1. The average molecular weight is 257 g/mol. The van der Waals surface area contributed by atoms with Gasteiger partial charge in [-0.15, -0.1) is 0 Å². The maximum Gasteiger partial charge on any atom is 0.338 e. The Kier molecular flexibility index (Phi) is 4.13. The van der Waals surface area contributed by atoms with E-state index in [0.717, 1.165) is 11.3 Å². The monoisotopic (exact) mass is 257 g/mol. The van der Waals surface area contributed by atoms with Gasteiger partial charge in [-0.3, -0.25) is 4.98 Å². The molecule has 0 fully saturated rings. The van der Waals surface area contributed by atoms with Crippen molar-refractivity contribution in [2.45, 2.75) is 6.92 Å². The molecule has 1 aromatic carbocycles. The highest BCUT2D eigenvalue weighted by atomic mass is 16.5. The Morgan fingerprint density at radius 2 is 2.11 bits per heavy atom. The van der Waals surface area contributed by atoms with Crippen molar-refractivity contribution in [2.24, 2.45) is 0 Å². The van der Waals surface area contributed by atoms with E-state index in [-0.39, 0.29) is 5.97 Å². The number of esters is 1. The molecule has 0 aliphatic heterocycles. The Hall–Kier alpha value is -2.36.